The van der Waals surface area contributed by atoms with E-state index in [-0.39, 0.29) is 5.91 Å². The second-order valence-corrected chi connectivity index (χ2v) is 6.08. The number of aromatic nitrogens is 3. The van der Waals surface area contributed by atoms with E-state index < -0.39 is 0 Å². The van der Waals surface area contributed by atoms with Crippen LogP contribution in [0.2, 0.25) is 0 Å². The Morgan fingerprint density at radius 2 is 2.13 bits per heavy atom. The molecule has 1 heterocycles. The highest BCUT2D eigenvalue weighted by molar-refractivity contribution is 7.98. The first-order chi connectivity index (χ1) is 11.2. The zero-order valence-electron chi connectivity index (χ0n) is 13.1. The molecule has 0 saturated carbocycles. The minimum atomic E-state index is -0.143. The van der Waals surface area contributed by atoms with Crippen molar-refractivity contribution < 1.29 is 4.79 Å². The standard InChI is InChI=1S/C17H18N4OS/c1-3-9-21-16-8-7-12(10-15(16)19-20-21)17(22)18-13-5-4-6-14(11-13)23-2/h4-8,10-11H,3,9H2,1-2H3,(H,18,22). The lowest BCUT2D eigenvalue weighted by molar-refractivity contribution is 0.102. The number of nitrogens with zero attached hydrogens (tertiary/aromatic N) is 3. The van der Waals surface area contributed by atoms with Crippen LogP contribution < -0.4 is 5.32 Å². The molecule has 3 rings (SSSR count). The molecule has 1 aromatic heterocycles. The Bertz CT molecular complexity index is 843. The monoisotopic (exact) mass is 326 g/mol. The lowest BCUT2D eigenvalue weighted by Gasteiger charge is -2.07. The van der Waals surface area contributed by atoms with Crippen molar-refractivity contribution in [1.82, 2.24) is 15.0 Å². The fourth-order valence-electron chi connectivity index (χ4n) is 2.39. The summed E-state index contributed by atoms with van der Waals surface area (Å²) in [7, 11) is 0. The van der Waals surface area contributed by atoms with Crippen molar-refractivity contribution in [3.8, 4) is 0 Å². The highest BCUT2D eigenvalue weighted by atomic mass is 32.2. The van der Waals surface area contributed by atoms with Gasteiger partial charge >= 0.3 is 0 Å². The Hall–Kier alpha value is -2.34. The van der Waals surface area contributed by atoms with Gasteiger partial charge in [-0.2, -0.15) is 0 Å². The van der Waals surface area contributed by atoms with Gasteiger partial charge in [-0.1, -0.05) is 18.2 Å². The molecule has 0 atom stereocenters. The third kappa shape index (κ3) is 3.37. The Kier molecular flexibility index (Phi) is 4.62. The van der Waals surface area contributed by atoms with Crippen LogP contribution in [0, 0.1) is 0 Å². The number of carbonyl (C=O) groups excluding carboxylic acids is 1. The fraction of sp³-hybridized carbons (Fsp3) is 0.235. The molecule has 1 amide bonds. The van der Waals surface area contributed by atoms with Crippen LogP contribution in [0.3, 0.4) is 0 Å². The van der Waals surface area contributed by atoms with E-state index in [1.54, 1.807) is 17.8 Å². The van der Waals surface area contributed by atoms with Gasteiger partial charge in [-0.05, 0) is 49.1 Å². The van der Waals surface area contributed by atoms with Crippen molar-refractivity contribution in [2.45, 2.75) is 24.8 Å². The molecule has 0 spiro atoms. The van der Waals surface area contributed by atoms with Crippen molar-refractivity contribution in [3.05, 3.63) is 48.0 Å². The van der Waals surface area contributed by atoms with E-state index in [0.717, 1.165) is 34.6 Å². The molecule has 0 radical (unpaired) electrons. The number of rotatable bonds is 5. The van der Waals surface area contributed by atoms with Gasteiger partial charge in [-0.25, -0.2) is 4.68 Å². The minimum absolute atomic E-state index is 0.143. The predicted molar refractivity (Wildman–Crippen MR) is 94.0 cm³/mol. The number of fused-ring (bicyclic) bond motifs is 1. The van der Waals surface area contributed by atoms with Crippen LogP contribution >= 0.6 is 11.8 Å². The molecule has 5 nitrogen and oxygen atoms in total. The first kappa shape index (κ1) is 15.6. The van der Waals surface area contributed by atoms with E-state index in [1.165, 1.54) is 0 Å². The summed E-state index contributed by atoms with van der Waals surface area (Å²) in [4.78, 5) is 13.5. The first-order valence-electron chi connectivity index (χ1n) is 7.50. The molecule has 6 heteroatoms. The molecule has 23 heavy (non-hydrogen) atoms. The molecule has 0 saturated heterocycles. The smallest absolute Gasteiger partial charge is 0.255 e. The lowest BCUT2D eigenvalue weighted by atomic mass is 10.2. The fourth-order valence-corrected chi connectivity index (χ4v) is 2.85. The van der Waals surface area contributed by atoms with Crippen LogP contribution in [0.4, 0.5) is 5.69 Å². The van der Waals surface area contributed by atoms with Gasteiger partial charge in [0.2, 0.25) is 0 Å². The van der Waals surface area contributed by atoms with E-state index in [1.807, 2.05) is 47.3 Å². The summed E-state index contributed by atoms with van der Waals surface area (Å²) in [6.07, 6.45) is 3.00. The summed E-state index contributed by atoms with van der Waals surface area (Å²) in [5.74, 6) is -0.143. The van der Waals surface area contributed by atoms with Crippen molar-refractivity contribution in [2.75, 3.05) is 11.6 Å². The Morgan fingerprint density at radius 1 is 1.26 bits per heavy atom. The van der Waals surface area contributed by atoms with Gasteiger partial charge in [-0.15, -0.1) is 16.9 Å². The summed E-state index contributed by atoms with van der Waals surface area (Å²) in [6, 6.07) is 13.3. The first-order valence-corrected chi connectivity index (χ1v) is 8.72. The number of nitrogens with one attached hydrogen (secondary N) is 1. The van der Waals surface area contributed by atoms with Crippen molar-refractivity contribution >= 4 is 34.4 Å². The highest BCUT2D eigenvalue weighted by Crippen LogP contribution is 2.20. The normalized spacial score (nSPS) is 10.9. The van der Waals surface area contributed by atoms with Gasteiger partial charge in [0.25, 0.3) is 5.91 Å². The van der Waals surface area contributed by atoms with Gasteiger partial charge in [0.15, 0.2) is 0 Å². The molecular weight excluding hydrogens is 308 g/mol. The lowest BCUT2D eigenvalue weighted by Crippen LogP contribution is -2.11. The molecule has 1 N–H and O–H groups in total. The number of anilines is 1. The average Bonchev–Trinajstić information content (AvgIpc) is 2.97. The van der Waals surface area contributed by atoms with Crippen molar-refractivity contribution in [3.63, 3.8) is 0 Å². The van der Waals surface area contributed by atoms with Crippen LogP contribution in [-0.2, 0) is 6.54 Å². The second-order valence-electron chi connectivity index (χ2n) is 5.20. The van der Waals surface area contributed by atoms with Crippen LogP contribution in [0.5, 0.6) is 0 Å². The zero-order valence-corrected chi connectivity index (χ0v) is 13.9. The molecule has 118 valence electrons. The van der Waals surface area contributed by atoms with Crippen LogP contribution in [-0.4, -0.2) is 27.2 Å². The molecule has 0 bridgehead atoms. The quantitative estimate of drug-likeness (QED) is 0.724. The summed E-state index contributed by atoms with van der Waals surface area (Å²) < 4.78 is 1.86. The summed E-state index contributed by atoms with van der Waals surface area (Å²) >= 11 is 1.64. The van der Waals surface area contributed by atoms with E-state index in [4.69, 9.17) is 0 Å². The Morgan fingerprint density at radius 3 is 2.91 bits per heavy atom. The largest absolute Gasteiger partial charge is 0.322 e. The number of amides is 1. The predicted octanol–water partition coefficient (Wildman–Crippen LogP) is 3.82. The van der Waals surface area contributed by atoms with E-state index in [0.29, 0.717) is 5.56 Å². The van der Waals surface area contributed by atoms with Crippen LogP contribution in [0.25, 0.3) is 11.0 Å². The number of hydrogen-bond acceptors (Lipinski definition) is 4. The third-order valence-electron chi connectivity index (χ3n) is 3.54. The Balaban J connectivity index is 1.83. The van der Waals surface area contributed by atoms with Crippen molar-refractivity contribution in [1.29, 1.82) is 0 Å². The van der Waals surface area contributed by atoms with Gasteiger partial charge in [0.05, 0.1) is 5.52 Å². The van der Waals surface area contributed by atoms with Crippen molar-refractivity contribution in [2.24, 2.45) is 0 Å². The molecule has 0 aliphatic carbocycles. The molecule has 2 aromatic carbocycles. The minimum Gasteiger partial charge on any atom is -0.322 e. The number of aryl methyl sites for hydroxylation is 1. The summed E-state index contributed by atoms with van der Waals surface area (Å²) in [6.45, 7) is 2.92. The van der Waals surface area contributed by atoms with Crippen LogP contribution in [0.1, 0.15) is 23.7 Å². The topological polar surface area (TPSA) is 59.8 Å². The van der Waals surface area contributed by atoms with E-state index in [2.05, 4.69) is 22.6 Å². The Labute approximate surface area is 139 Å². The second kappa shape index (κ2) is 6.83. The number of hydrogen-bond donors (Lipinski definition) is 1. The van der Waals surface area contributed by atoms with Gasteiger partial charge in [0, 0.05) is 22.7 Å². The van der Waals surface area contributed by atoms with Gasteiger partial charge < -0.3 is 5.32 Å². The molecule has 0 fully saturated rings. The molecule has 0 aliphatic rings. The highest BCUT2D eigenvalue weighted by Gasteiger charge is 2.10. The van der Waals surface area contributed by atoms with E-state index >= 15 is 0 Å². The molecule has 3 aromatic rings. The molecular formula is C17H18N4OS. The molecule has 0 unspecified atom stereocenters. The van der Waals surface area contributed by atoms with Crippen LogP contribution in [0.15, 0.2) is 47.4 Å². The number of thioether (sulfide) groups is 1. The maximum absolute atomic E-state index is 12.4. The molecule has 0 aliphatic heterocycles. The van der Waals surface area contributed by atoms with E-state index in [9.17, 15) is 4.79 Å². The summed E-state index contributed by atoms with van der Waals surface area (Å²) in [5.41, 5.74) is 3.06. The number of carbonyl (C=O) groups is 1. The number of benzene rings is 2. The SMILES string of the molecule is CCCn1nnc2cc(C(=O)Nc3cccc(SC)c3)ccc21. The third-order valence-corrected chi connectivity index (χ3v) is 4.26. The van der Waals surface area contributed by atoms with Gasteiger partial charge in [-0.3, -0.25) is 4.79 Å². The van der Waals surface area contributed by atoms with Gasteiger partial charge in [0.1, 0.15) is 5.52 Å². The summed E-state index contributed by atoms with van der Waals surface area (Å²) in [5, 5.41) is 11.2. The maximum atomic E-state index is 12.4. The maximum Gasteiger partial charge on any atom is 0.255 e. The average molecular weight is 326 g/mol. The zero-order chi connectivity index (χ0) is 16.2.